The molecule has 2 N–H and O–H groups in total. The van der Waals surface area contributed by atoms with Crippen molar-refractivity contribution in [3.05, 3.63) is 125 Å². The summed E-state index contributed by atoms with van der Waals surface area (Å²) in [5.74, 6) is 0.218. The summed E-state index contributed by atoms with van der Waals surface area (Å²) in [6.45, 7) is 8.76. The molecule has 176 valence electrons. The minimum Gasteiger partial charge on any atom is -0.505 e. The van der Waals surface area contributed by atoms with Gasteiger partial charge in [0.05, 0.1) is 11.9 Å². The second kappa shape index (κ2) is 8.62. The molecule has 0 radical (unpaired) electrons. The Balaban J connectivity index is 1.70. The largest absolute Gasteiger partial charge is 0.505 e. The molecule has 4 heteroatoms. The lowest BCUT2D eigenvalue weighted by atomic mass is 9.72. The van der Waals surface area contributed by atoms with Crippen molar-refractivity contribution in [2.75, 3.05) is 10.5 Å². The fourth-order valence-corrected chi connectivity index (χ4v) is 4.75. The highest BCUT2D eigenvalue weighted by Crippen LogP contribution is 2.46. The molecule has 1 aliphatic heterocycles. The zero-order chi connectivity index (χ0) is 24.6. The van der Waals surface area contributed by atoms with Crippen molar-refractivity contribution in [3.8, 4) is 5.75 Å². The first-order valence-electron chi connectivity index (χ1n) is 12.0. The van der Waals surface area contributed by atoms with Gasteiger partial charge in [0.15, 0.2) is 0 Å². The molecule has 0 unspecified atom stereocenters. The number of hydrazone groups is 1. The molecule has 35 heavy (non-hydrogen) atoms. The Hall–Kier alpha value is -4.05. The molecule has 0 fully saturated rings. The van der Waals surface area contributed by atoms with Gasteiger partial charge in [-0.05, 0) is 28.8 Å². The Morgan fingerprint density at radius 2 is 1.26 bits per heavy atom. The lowest BCUT2D eigenvalue weighted by molar-refractivity contribution is 0.451. The van der Waals surface area contributed by atoms with E-state index in [9.17, 15) is 5.11 Å². The van der Waals surface area contributed by atoms with Crippen LogP contribution in [0.25, 0.3) is 0 Å². The van der Waals surface area contributed by atoms with E-state index in [4.69, 9.17) is 0 Å². The first-order valence-corrected chi connectivity index (χ1v) is 12.0. The normalized spacial score (nSPS) is 13.3. The predicted molar refractivity (Wildman–Crippen MR) is 145 cm³/mol. The van der Waals surface area contributed by atoms with Crippen LogP contribution in [0.4, 0.5) is 11.4 Å². The number of phenolic OH excluding ortho intramolecular Hbond substituents is 1. The van der Waals surface area contributed by atoms with E-state index in [2.05, 4.69) is 80.7 Å². The van der Waals surface area contributed by atoms with E-state index >= 15 is 0 Å². The van der Waals surface area contributed by atoms with Crippen LogP contribution in [0.2, 0.25) is 0 Å². The summed E-state index contributed by atoms with van der Waals surface area (Å²) in [6, 6.07) is 33.0. The Labute approximate surface area is 207 Å². The van der Waals surface area contributed by atoms with Crippen LogP contribution in [0.1, 0.15) is 55.5 Å². The smallest absolute Gasteiger partial charge is 0.147 e. The number of hydrazine groups is 1. The van der Waals surface area contributed by atoms with Gasteiger partial charge in [-0.1, -0.05) is 113 Å². The predicted octanol–water partition coefficient (Wildman–Crippen LogP) is 7.23. The van der Waals surface area contributed by atoms with Gasteiger partial charge >= 0.3 is 0 Å². The highest BCUT2D eigenvalue weighted by Gasteiger charge is 2.33. The van der Waals surface area contributed by atoms with Crippen molar-refractivity contribution < 1.29 is 5.11 Å². The van der Waals surface area contributed by atoms with Crippen LogP contribution in [-0.4, -0.2) is 11.3 Å². The average molecular weight is 462 g/mol. The van der Waals surface area contributed by atoms with Crippen LogP contribution in [0, 0.1) is 0 Å². The Kier molecular flexibility index (Phi) is 5.60. The molecular formula is C31H31N3O. The van der Waals surface area contributed by atoms with E-state index in [0.29, 0.717) is 5.69 Å². The molecule has 0 atom stereocenters. The van der Waals surface area contributed by atoms with Crippen molar-refractivity contribution in [3.63, 3.8) is 0 Å². The lowest BCUT2D eigenvalue weighted by Gasteiger charge is -2.34. The molecule has 0 bridgehead atoms. The summed E-state index contributed by atoms with van der Waals surface area (Å²) in [6.07, 6.45) is 1.82. The van der Waals surface area contributed by atoms with Crippen molar-refractivity contribution in [2.45, 2.75) is 38.5 Å². The molecule has 4 aromatic carbocycles. The molecule has 4 aromatic rings. The Morgan fingerprint density at radius 3 is 1.91 bits per heavy atom. The summed E-state index contributed by atoms with van der Waals surface area (Å²) in [5.41, 5.74) is 9.52. The standard InChI is InChI=1S/C31H31N3O/c1-30(2,23-14-7-5-8-15-23)25-19-26(31(3,4)24-16-9-6-10-17-24)29(35)28(20-25)34-32-21-22-13-11-12-18-27(22)33-34/h5-21,33,35H,1-4H3. The average Bonchev–Trinajstić information content (AvgIpc) is 2.89. The van der Waals surface area contributed by atoms with Crippen LogP contribution >= 0.6 is 0 Å². The summed E-state index contributed by atoms with van der Waals surface area (Å²) in [4.78, 5) is 0. The number of hydrogen-bond donors (Lipinski definition) is 2. The number of aromatic hydroxyl groups is 1. The molecule has 1 heterocycles. The van der Waals surface area contributed by atoms with Crippen LogP contribution in [0.5, 0.6) is 5.75 Å². The topological polar surface area (TPSA) is 47.9 Å². The van der Waals surface area contributed by atoms with E-state index in [1.165, 1.54) is 5.56 Å². The molecule has 0 spiro atoms. The van der Waals surface area contributed by atoms with Gasteiger partial charge in [0.1, 0.15) is 11.4 Å². The van der Waals surface area contributed by atoms with E-state index in [-0.39, 0.29) is 11.2 Å². The van der Waals surface area contributed by atoms with Crippen LogP contribution < -0.4 is 10.5 Å². The van der Waals surface area contributed by atoms with Crippen molar-refractivity contribution in [1.82, 2.24) is 0 Å². The quantitative estimate of drug-likeness (QED) is 0.330. The van der Waals surface area contributed by atoms with Crippen molar-refractivity contribution in [2.24, 2.45) is 5.10 Å². The number of nitrogens with zero attached hydrogens (tertiary/aromatic N) is 2. The minimum absolute atomic E-state index is 0.218. The van der Waals surface area contributed by atoms with Gasteiger partial charge in [0, 0.05) is 22.0 Å². The summed E-state index contributed by atoms with van der Waals surface area (Å²) >= 11 is 0. The van der Waals surface area contributed by atoms with Crippen LogP contribution in [0.15, 0.2) is 102 Å². The maximum Gasteiger partial charge on any atom is 0.147 e. The third-order valence-corrected chi connectivity index (χ3v) is 7.20. The summed E-state index contributed by atoms with van der Waals surface area (Å²) < 4.78 is 0. The molecule has 0 amide bonds. The number of fused-ring (bicyclic) bond motifs is 1. The molecule has 0 aliphatic carbocycles. The monoisotopic (exact) mass is 461 g/mol. The highest BCUT2D eigenvalue weighted by molar-refractivity contribution is 5.91. The van der Waals surface area contributed by atoms with Gasteiger partial charge in [-0.2, -0.15) is 10.2 Å². The van der Waals surface area contributed by atoms with E-state index < -0.39 is 5.41 Å². The fourth-order valence-electron chi connectivity index (χ4n) is 4.75. The molecular weight excluding hydrogens is 430 g/mol. The third kappa shape index (κ3) is 4.06. The maximum atomic E-state index is 11.7. The number of para-hydroxylation sites is 1. The minimum atomic E-state index is -0.430. The molecule has 0 saturated carbocycles. The molecule has 4 nitrogen and oxygen atoms in total. The number of benzene rings is 4. The van der Waals surface area contributed by atoms with Crippen LogP contribution in [0.3, 0.4) is 0 Å². The van der Waals surface area contributed by atoms with Crippen LogP contribution in [-0.2, 0) is 10.8 Å². The summed E-state index contributed by atoms with van der Waals surface area (Å²) in [5, 5.41) is 18.0. The van der Waals surface area contributed by atoms with Gasteiger partial charge < -0.3 is 5.11 Å². The van der Waals surface area contributed by atoms with Gasteiger partial charge in [-0.3, -0.25) is 5.43 Å². The van der Waals surface area contributed by atoms with Gasteiger partial charge in [-0.15, -0.1) is 0 Å². The molecule has 5 rings (SSSR count). The number of anilines is 2. The maximum absolute atomic E-state index is 11.7. The Morgan fingerprint density at radius 1 is 0.686 bits per heavy atom. The van der Waals surface area contributed by atoms with E-state index in [0.717, 1.165) is 27.9 Å². The van der Waals surface area contributed by atoms with Gasteiger partial charge in [0.2, 0.25) is 0 Å². The number of phenols is 1. The second-order valence-corrected chi connectivity index (χ2v) is 10.1. The summed E-state index contributed by atoms with van der Waals surface area (Å²) in [7, 11) is 0. The lowest BCUT2D eigenvalue weighted by Crippen LogP contribution is -2.30. The first kappa shape index (κ1) is 22.7. The third-order valence-electron chi connectivity index (χ3n) is 7.20. The SMILES string of the molecule is CC(C)(c1ccccc1)c1cc(N2N=Cc3ccccc3N2)c(O)c(C(C)(C)c2ccccc2)c1. The molecule has 0 aromatic heterocycles. The fraction of sp³-hybridized carbons (Fsp3) is 0.194. The van der Waals surface area contributed by atoms with E-state index in [1.54, 1.807) is 5.12 Å². The Bertz CT molecular complexity index is 1380. The number of hydrogen-bond acceptors (Lipinski definition) is 4. The number of nitrogens with one attached hydrogen (secondary N) is 1. The van der Waals surface area contributed by atoms with Gasteiger partial charge in [-0.25, -0.2) is 0 Å². The van der Waals surface area contributed by atoms with E-state index in [1.807, 2.05) is 60.8 Å². The zero-order valence-corrected chi connectivity index (χ0v) is 20.7. The van der Waals surface area contributed by atoms with Crippen molar-refractivity contribution >= 4 is 17.6 Å². The zero-order valence-electron chi connectivity index (χ0n) is 20.7. The molecule has 0 saturated heterocycles. The highest BCUT2D eigenvalue weighted by atomic mass is 16.3. The second-order valence-electron chi connectivity index (χ2n) is 10.1. The number of rotatable bonds is 5. The van der Waals surface area contributed by atoms with Crippen molar-refractivity contribution in [1.29, 1.82) is 0 Å². The van der Waals surface area contributed by atoms with Gasteiger partial charge in [0.25, 0.3) is 0 Å². The first-order chi connectivity index (χ1) is 16.8. The molecule has 1 aliphatic rings.